The van der Waals surface area contributed by atoms with E-state index in [-0.39, 0.29) is 11.8 Å². The van der Waals surface area contributed by atoms with Crippen LogP contribution in [0.15, 0.2) is 47.4 Å². The summed E-state index contributed by atoms with van der Waals surface area (Å²) >= 11 is 6.13. The van der Waals surface area contributed by atoms with Gasteiger partial charge in [-0.25, -0.2) is 8.42 Å². The van der Waals surface area contributed by atoms with Crippen LogP contribution in [0.5, 0.6) is 0 Å². The van der Waals surface area contributed by atoms with Gasteiger partial charge < -0.3 is 5.32 Å². The zero-order valence-electron chi connectivity index (χ0n) is 16.2. The fourth-order valence-corrected chi connectivity index (χ4v) is 5.91. The highest BCUT2D eigenvalue weighted by Crippen LogP contribution is 2.28. The van der Waals surface area contributed by atoms with E-state index in [1.54, 1.807) is 12.1 Å². The summed E-state index contributed by atoms with van der Waals surface area (Å²) in [5.41, 5.74) is 3.29. The van der Waals surface area contributed by atoms with E-state index in [9.17, 15) is 13.2 Å². The molecule has 0 bridgehead atoms. The van der Waals surface area contributed by atoms with Gasteiger partial charge in [0.25, 0.3) is 0 Å². The molecule has 7 heteroatoms. The van der Waals surface area contributed by atoms with Crippen LogP contribution < -0.4 is 5.32 Å². The summed E-state index contributed by atoms with van der Waals surface area (Å²) in [6, 6.07) is 12.9. The lowest BCUT2D eigenvalue weighted by Crippen LogP contribution is -2.42. The van der Waals surface area contributed by atoms with Crippen molar-refractivity contribution in [3.63, 3.8) is 0 Å². The molecule has 29 heavy (non-hydrogen) atoms. The van der Waals surface area contributed by atoms with Crippen LogP contribution in [0.2, 0.25) is 5.02 Å². The lowest BCUT2D eigenvalue weighted by molar-refractivity contribution is -0.126. The van der Waals surface area contributed by atoms with E-state index >= 15 is 0 Å². The van der Waals surface area contributed by atoms with Crippen molar-refractivity contribution in [1.29, 1.82) is 0 Å². The Morgan fingerprint density at radius 1 is 1.07 bits per heavy atom. The third kappa shape index (κ3) is 4.34. The molecule has 1 saturated heterocycles. The van der Waals surface area contributed by atoms with Gasteiger partial charge in [0.1, 0.15) is 0 Å². The zero-order chi connectivity index (χ0) is 20.4. The van der Waals surface area contributed by atoms with E-state index in [2.05, 4.69) is 5.32 Å². The molecule has 0 aromatic heterocycles. The largest absolute Gasteiger partial charge is 0.352 e. The number of rotatable bonds is 5. The van der Waals surface area contributed by atoms with Crippen LogP contribution >= 0.6 is 11.6 Å². The number of halogens is 1. The maximum Gasteiger partial charge on any atom is 0.243 e. The summed E-state index contributed by atoms with van der Waals surface area (Å²) in [5.74, 6) is -0.219. The zero-order valence-corrected chi connectivity index (χ0v) is 17.8. The molecule has 4 rings (SSSR count). The van der Waals surface area contributed by atoms with Crippen molar-refractivity contribution < 1.29 is 13.2 Å². The topological polar surface area (TPSA) is 66.5 Å². The lowest BCUT2D eigenvalue weighted by atomic mass is 9.97. The number of aryl methyl sites for hydroxylation is 2. The second-order valence-electron chi connectivity index (χ2n) is 7.77. The summed E-state index contributed by atoms with van der Waals surface area (Å²) in [6.45, 7) is 1.11. The van der Waals surface area contributed by atoms with Gasteiger partial charge in [-0.15, -0.1) is 0 Å². The fourth-order valence-electron chi connectivity index (χ4n) is 4.18. The van der Waals surface area contributed by atoms with Gasteiger partial charge in [0.2, 0.25) is 15.9 Å². The quantitative estimate of drug-likeness (QED) is 0.785. The molecule has 2 aromatic carbocycles. The molecule has 154 valence electrons. The van der Waals surface area contributed by atoms with Crippen molar-refractivity contribution in [1.82, 2.24) is 9.62 Å². The molecule has 0 unspecified atom stereocenters. The Morgan fingerprint density at radius 2 is 1.79 bits per heavy atom. The molecule has 1 amide bonds. The number of nitrogens with zero attached hydrogens (tertiary/aromatic N) is 1. The van der Waals surface area contributed by atoms with Crippen molar-refractivity contribution in [3.05, 3.63) is 64.2 Å². The minimum absolute atomic E-state index is 0.0421. The summed E-state index contributed by atoms with van der Waals surface area (Å²) in [4.78, 5) is 12.9. The molecule has 2 aliphatic rings. The first-order valence-corrected chi connectivity index (χ1v) is 11.9. The number of nitrogens with one attached hydrogen (secondary N) is 1. The Hall–Kier alpha value is -1.89. The number of hydrogen-bond donors (Lipinski definition) is 1. The molecule has 1 N–H and O–H groups in total. The monoisotopic (exact) mass is 432 g/mol. The predicted octanol–water partition coefficient (Wildman–Crippen LogP) is 3.55. The van der Waals surface area contributed by atoms with E-state index < -0.39 is 10.0 Å². The van der Waals surface area contributed by atoms with Gasteiger partial charge in [0.05, 0.1) is 4.90 Å². The third-order valence-corrected chi connectivity index (χ3v) is 8.21. The van der Waals surface area contributed by atoms with E-state index in [1.165, 1.54) is 9.87 Å². The van der Waals surface area contributed by atoms with E-state index in [1.807, 2.05) is 30.3 Å². The molecular weight excluding hydrogens is 408 g/mol. The van der Waals surface area contributed by atoms with Crippen LogP contribution in [-0.2, 0) is 34.2 Å². The second-order valence-corrected chi connectivity index (χ2v) is 10.1. The van der Waals surface area contributed by atoms with Crippen LogP contribution in [0, 0.1) is 5.92 Å². The highest BCUT2D eigenvalue weighted by atomic mass is 35.5. The number of sulfonamides is 1. The number of amides is 1. The molecule has 0 atom stereocenters. The molecule has 2 aromatic rings. The molecule has 5 nitrogen and oxygen atoms in total. The van der Waals surface area contributed by atoms with Gasteiger partial charge in [-0.05, 0) is 67.0 Å². The first-order chi connectivity index (χ1) is 13.9. The molecular formula is C22H25ClN2O3S. The Balaban J connectivity index is 1.35. The van der Waals surface area contributed by atoms with Crippen LogP contribution in [0.1, 0.15) is 36.0 Å². The number of fused-ring (bicyclic) bond motifs is 1. The molecule has 1 aliphatic heterocycles. The second kappa shape index (κ2) is 8.46. The van der Waals surface area contributed by atoms with E-state index in [0.29, 0.717) is 42.4 Å². The van der Waals surface area contributed by atoms with Crippen LogP contribution in [0.3, 0.4) is 0 Å². The van der Waals surface area contributed by atoms with Crippen molar-refractivity contribution in [2.24, 2.45) is 5.92 Å². The standard InChI is InChI=1S/C22H25ClN2O3S/c23-21-7-2-1-4-19(21)15-24-22(26)17-10-12-25(13-11-17)29(27,28)20-9-8-16-5-3-6-18(16)14-20/h1-2,4,7-9,14,17H,3,5-6,10-13,15H2,(H,24,26). The fraction of sp³-hybridized carbons (Fsp3) is 0.409. The maximum absolute atomic E-state index is 13.0. The maximum atomic E-state index is 13.0. The lowest BCUT2D eigenvalue weighted by Gasteiger charge is -2.30. The highest BCUT2D eigenvalue weighted by Gasteiger charge is 2.32. The van der Waals surface area contributed by atoms with Crippen LogP contribution in [0.25, 0.3) is 0 Å². The summed E-state index contributed by atoms with van der Waals surface area (Å²) in [6.07, 6.45) is 4.13. The van der Waals surface area contributed by atoms with Crippen molar-refractivity contribution >= 4 is 27.5 Å². The summed E-state index contributed by atoms with van der Waals surface area (Å²) in [5, 5.41) is 3.56. The minimum Gasteiger partial charge on any atom is -0.352 e. The molecule has 0 saturated carbocycles. The van der Waals surface area contributed by atoms with Gasteiger partial charge in [-0.2, -0.15) is 4.31 Å². The molecule has 1 fully saturated rings. The summed E-state index contributed by atoms with van der Waals surface area (Å²) in [7, 11) is -3.51. The van der Waals surface area contributed by atoms with Gasteiger partial charge in [-0.3, -0.25) is 4.79 Å². The number of hydrogen-bond acceptors (Lipinski definition) is 3. The van der Waals surface area contributed by atoms with E-state index in [4.69, 9.17) is 11.6 Å². The Morgan fingerprint density at radius 3 is 2.55 bits per heavy atom. The smallest absolute Gasteiger partial charge is 0.243 e. The van der Waals surface area contributed by atoms with Crippen LogP contribution in [-0.4, -0.2) is 31.7 Å². The summed E-state index contributed by atoms with van der Waals surface area (Å²) < 4.78 is 27.6. The third-order valence-electron chi connectivity index (χ3n) is 5.94. The van der Waals surface area contributed by atoms with Gasteiger partial charge in [0, 0.05) is 30.6 Å². The SMILES string of the molecule is O=C(NCc1ccccc1Cl)C1CCN(S(=O)(=O)c2ccc3c(c2)CCC3)CC1. The predicted molar refractivity (Wildman–Crippen MR) is 113 cm³/mol. The Bertz CT molecular complexity index is 1010. The van der Waals surface area contributed by atoms with Crippen molar-refractivity contribution in [2.75, 3.05) is 13.1 Å². The number of carbonyl (C=O) groups excluding carboxylic acids is 1. The molecule has 1 heterocycles. The van der Waals surface area contributed by atoms with Gasteiger partial charge in [-0.1, -0.05) is 35.9 Å². The average molecular weight is 433 g/mol. The van der Waals surface area contributed by atoms with Gasteiger partial charge in [0.15, 0.2) is 0 Å². The highest BCUT2D eigenvalue weighted by molar-refractivity contribution is 7.89. The number of benzene rings is 2. The first-order valence-electron chi connectivity index (χ1n) is 10.1. The normalized spacial score (nSPS) is 17.8. The van der Waals surface area contributed by atoms with Crippen LogP contribution in [0.4, 0.5) is 0 Å². The van der Waals surface area contributed by atoms with Crippen molar-refractivity contribution in [2.45, 2.75) is 43.5 Å². The Kier molecular flexibility index (Phi) is 5.95. The number of carbonyl (C=O) groups is 1. The Labute approximate surface area is 177 Å². The molecule has 0 radical (unpaired) electrons. The van der Waals surface area contributed by atoms with E-state index in [0.717, 1.165) is 30.4 Å². The molecule has 1 aliphatic carbocycles. The minimum atomic E-state index is -3.51. The molecule has 0 spiro atoms. The average Bonchev–Trinajstić information content (AvgIpc) is 3.21. The van der Waals surface area contributed by atoms with Crippen molar-refractivity contribution in [3.8, 4) is 0 Å². The number of piperidine rings is 1. The first kappa shape index (κ1) is 20.4. The van der Waals surface area contributed by atoms with Gasteiger partial charge >= 0.3 is 0 Å².